The highest BCUT2D eigenvalue weighted by Gasteiger charge is 2.34. The summed E-state index contributed by atoms with van der Waals surface area (Å²) >= 11 is 0. The van der Waals surface area contributed by atoms with Crippen LogP contribution in [0.25, 0.3) is 0 Å². The molecule has 15 heavy (non-hydrogen) atoms. The van der Waals surface area contributed by atoms with Gasteiger partial charge in [0, 0.05) is 0 Å². The van der Waals surface area contributed by atoms with Crippen LogP contribution in [0.2, 0.25) is 0 Å². The lowest BCUT2D eigenvalue weighted by molar-refractivity contribution is -0.140. The SMILES string of the molecule is [B]c1cc(C(N)=O)c(=O)[nH]c1C(F)(F)F. The maximum atomic E-state index is 12.2. The lowest BCUT2D eigenvalue weighted by Crippen LogP contribution is -2.33. The highest BCUT2D eigenvalue weighted by atomic mass is 19.4. The van der Waals surface area contributed by atoms with E-state index in [1.54, 1.807) is 0 Å². The zero-order valence-electron chi connectivity index (χ0n) is 7.18. The maximum Gasteiger partial charge on any atom is 0.430 e. The molecule has 0 aliphatic carbocycles. The number of nitrogens with two attached hydrogens (primary N) is 1. The molecule has 0 atom stereocenters. The summed E-state index contributed by atoms with van der Waals surface area (Å²) in [6.45, 7) is 0. The minimum absolute atomic E-state index is 0.601. The van der Waals surface area contributed by atoms with Crippen molar-refractivity contribution in [2.24, 2.45) is 5.73 Å². The second-order valence-corrected chi connectivity index (χ2v) is 2.70. The van der Waals surface area contributed by atoms with E-state index in [1.807, 2.05) is 0 Å². The molecule has 0 saturated heterocycles. The van der Waals surface area contributed by atoms with Gasteiger partial charge in [-0.2, -0.15) is 13.2 Å². The Labute approximate surface area is 82.7 Å². The Hall–Kier alpha value is -1.73. The highest BCUT2D eigenvalue weighted by Crippen LogP contribution is 2.25. The first-order valence-corrected chi connectivity index (χ1v) is 3.63. The van der Waals surface area contributed by atoms with Crippen LogP contribution < -0.4 is 16.8 Å². The molecule has 0 fully saturated rings. The van der Waals surface area contributed by atoms with Crippen molar-refractivity contribution in [3.05, 3.63) is 27.7 Å². The summed E-state index contributed by atoms with van der Waals surface area (Å²) in [6.07, 6.45) is -4.78. The summed E-state index contributed by atoms with van der Waals surface area (Å²) in [5, 5.41) is 0. The summed E-state index contributed by atoms with van der Waals surface area (Å²) in [4.78, 5) is 23.0. The average Bonchev–Trinajstić information content (AvgIpc) is 2.06. The van der Waals surface area contributed by atoms with E-state index < -0.39 is 34.4 Å². The summed E-state index contributed by atoms with van der Waals surface area (Å²) in [5.74, 6) is -1.14. The Balaban J connectivity index is 3.46. The summed E-state index contributed by atoms with van der Waals surface area (Å²) < 4.78 is 36.6. The normalized spacial score (nSPS) is 11.4. The van der Waals surface area contributed by atoms with Crippen LogP contribution in [0.5, 0.6) is 0 Å². The Morgan fingerprint density at radius 3 is 2.40 bits per heavy atom. The Kier molecular flexibility index (Phi) is 2.61. The van der Waals surface area contributed by atoms with Crippen LogP contribution in [0.15, 0.2) is 10.9 Å². The van der Waals surface area contributed by atoms with E-state index in [-0.39, 0.29) is 0 Å². The van der Waals surface area contributed by atoms with Crippen LogP contribution in [0.3, 0.4) is 0 Å². The smallest absolute Gasteiger partial charge is 0.365 e. The van der Waals surface area contributed by atoms with E-state index in [9.17, 15) is 22.8 Å². The van der Waals surface area contributed by atoms with Gasteiger partial charge in [0.05, 0.1) is 0 Å². The lowest BCUT2D eigenvalue weighted by Gasteiger charge is -2.10. The van der Waals surface area contributed by atoms with Crippen molar-refractivity contribution < 1.29 is 18.0 Å². The lowest BCUT2D eigenvalue weighted by atomic mass is 9.92. The van der Waals surface area contributed by atoms with Gasteiger partial charge in [0.15, 0.2) is 0 Å². The van der Waals surface area contributed by atoms with Crippen LogP contribution in [0, 0.1) is 0 Å². The summed E-state index contributed by atoms with van der Waals surface area (Å²) in [6, 6.07) is 0.601. The molecule has 0 unspecified atom stereocenters. The van der Waals surface area contributed by atoms with Gasteiger partial charge in [-0.15, -0.1) is 0 Å². The summed E-state index contributed by atoms with van der Waals surface area (Å²) in [5.41, 5.74) is 0.773. The van der Waals surface area contributed by atoms with Crippen molar-refractivity contribution in [1.29, 1.82) is 0 Å². The van der Waals surface area contributed by atoms with E-state index in [2.05, 4.69) is 0 Å². The van der Waals surface area contributed by atoms with Gasteiger partial charge >= 0.3 is 6.18 Å². The number of pyridine rings is 1. The molecular weight excluding hydrogens is 212 g/mol. The third-order valence-corrected chi connectivity index (χ3v) is 1.62. The number of H-pyrrole nitrogens is 1. The number of hydrogen-bond acceptors (Lipinski definition) is 2. The van der Waals surface area contributed by atoms with Gasteiger partial charge in [-0.3, -0.25) is 9.59 Å². The largest absolute Gasteiger partial charge is 0.430 e. The van der Waals surface area contributed by atoms with Crippen LogP contribution in [-0.4, -0.2) is 18.7 Å². The molecule has 0 spiro atoms. The van der Waals surface area contributed by atoms with Gasteiger partial charge in [0.2, 0.25) is 0 Å². The molecule has 2 radical (unpaired) electrons. The number of nitrogens with one attached hydrogen (secondary N) is 1. The van der Waals surface area contributed by atoms with Gasteiger partial charge in [-0.05, 0) is 6.07 Å². The molecule has 78 valence electrons. The Morgan fingerprint density at radius 2 is 2.00 bits per heavy atom. The van der Waals surface area contributed by atoms with Crippen LogP contribution >= 0.6 is 0 Å². The second kappa shape index (κ2) is 3.45. The summed E-state index contributed by atoms with van der Waals surface area (Å²) in [7, 11) is 5.02. The molecule has 1 heterocycles. The minimum Gasteiger partial charge on any atom is -0.365 e. The van der Waals surface area contributed by atoms with Crippen LogP contribution in [0.1, 0.15) is 16.1 Å². The third kappa shape index (κ3) is 2.20. The first-order valence-electron chi connectivity index (χ1n) is 3.63. The van der Waals surface area contributed by atoms with E-state index in [0.717, 1.165) is 0 Å². The fraction of sp³-hybridized carbons (Fsp3) is 0.143. The van der Waals surface area contributed by atoms with Gasteiger partial charge in [-0.1, -0.05) is 5.46 Å². The minimum atomic E-state index is -4.78. The van der Waals surface area contributed by atoms with Crippen molar-refractivity contribution in [1.82, 2.24) is 4.98 Å². The molecule has 3 N–H and O–H groups in total. The van der Waals surface area contributed by atoms with Crippen molar-refractivity contribution in [3.63, 3.8) is 0 Å². The Morgan fingerprint density at radius 1 is 1.47 bits per heavy atom. The number of rotatable bonds is 1. The van der Waals surface area contributed by atoms with Crippen LogP contribution in [-0.2, 0) is 6.18 Å². The second-order valence-electron chi connectivity index (χ2n) is 2.70. The number of carbonyl (C=O) groups excluding carboxylic acids is 1. The quantitative estimate of drug-likeness (QED) is 0.608. The van der Waals surface area contributed by atoms with Crippen LogP contribution in [0.4, 0.5) is 13.2 Å². The van der Waals surface area contributed by atoms with E-state index >= 15 is 0 Å². The third-order valence-electron chi connectivity index (χ3n) is 1.62. The molecule has 1 amide bonds. The van der Waals surface area contributed by atoms with Gasteiger partial charge in [-0.25, -0.2) is 0 Å². The van der Waals surface area contributed by atoms with Crippen molar-refractivity contribution in [3.8, 4) is 0 Å². The molecule has 0 aliphatic heterocycles. The van der Waals surface area contributed by atoms with Crippen molar-refractivity contribution in [2.45, 2.75) is 6.18 Å². The fourth-order valence-electron chi connectivity index (χ4n) is 0.964. The molecule has 8 heteroatoms. The molecule has 1 rings (SSSR count). The van der Waals surface area contributed by atoms with E-state index in [1.165, 1.54) is 4.98 Å². The molecule has 1 aromatic heterocycles. The van der Waals surface area contributed by atoms with Gasteiger partial charge in [0.1, 0.15) is 19.1 Å². The van der Waals surface area contributed by atoms with Crippen molar-refractivity contribution in [2.75, 3.05) is 0 Å². The number of primary amides is 1. The number of aromatic nitrogens is 1. The molecule has 0 bridgehead atoms. The number of halogens is 3. The van der Waals surface area contributed by atoms with E-state index in [0.29, 0.717) is 6.07 Å². The predicted molar refractivity (Wildman–Crippen MR) is 46.0 cm³/mol. The highest BCUT2D eigenvalue weighted by molar-refractivity contribution is 6.33. The zero-order chi connectivity index (χ0) is 11.8. The number of alkyl halides is 3. The van der Waals surface area contributed by atoms with Gasteiger partial charge in [0.25, 0.3) is 11.5 Å². The molecule has 1 aromatic rings. The first-order chi connectivity index (χ1) is 6.73. The van der Waals surface area contributed by atoms with E-state index in [4.69, 9.17) is 13.6 Å². The molecular formula is C7H4BF3N2O2. The monoisotopic (exact) mass is 216 g/mol. The first kappa shape index (κ1) is 11.4. The molecule has 0 aromatic carbocycles. The van der Waals surface area contributed by atoms with Gasteiger partial charge < -0.3 is 10.7 Å². The Bertz CT molecular complexity index is 466. The maximum absolute atomic E-state index is 12.2. The zero-order valence-corrected chi connectivity index (χ0v) is 7.18. The predicted octanol–water partition coefficient (Wildman–Crippen LogP) is -0.714. The molecule has 4 nitrogen and oxygen atoms in total. The fourth-order valence-corrected chi connectivity index (χ4v) is 0.964. The average molecular weight is 216 g/mol. The number of carbonyl (C=O) groups is 1. The number of hydrogen-bond donors (Lipinski definition) is 2. The number of aromatic amines is 1. The number of amides is 1. The standard InChI is InChI=1S/C7H4BF3N2O2/c8-3-1-2(5(12)14)6(15)13-4(3)7(9,10)11/h1H,(H2,12,14)(H,13,15). The van der Waals surface area contributed by atoms with Crippen molar-refractivity contribution >= 4 is 19.2 Å². The molecule has 0 saturated carbocycles. The molecule has 0 aliphatic rings. The topological polar surface area (TPSA) is 76.0 Å².